The van der Waals surface area contributed by atoms with Crippen LogP contribution in [-0.2, 0) is 13.0 Å². The van der Waals surface area contributed by atoms with Gasteiger partial charge >= 0.3 is 0 Å². The summed E-state index contributed by atoms with van der Waals surface area (Å²) in [5, 5.41) is 3.89. The smallest absolute Gasteiger partial charge is 0.133 e. The van der Waals surface area contributed by atoms with Crippen molar-refractivity contribution in [3.63, 3.8) is 0 Å². The third-order valence-electron chi connectivity index (χ3n) is 5.69. The van der Waals surface area contributed by atoms with Crippen LogP contribution in [0.5, 0.6) is 5.75 Å². The molecule has 0 atom stereocenters. The zero-order chi connectivity index (χ0) is 19.3. The summed E-state index contributed by atoms with van der Waals surface area (Å²) in [6.45, 7) is 1.99. The van der Waals surface area contributed by atoms with Crippen LogP contribution in [0.4, 0.5) is 0 Å². The van der Waals surface area contributed by atoms with Gasteiger partial charge < -0.3 is 9.64 Å². The van der Waals surface area contributed by atoms with Crippen LogP contribution in [0.25, 0.3) is 32.9 Å². The number of halogens is 1. The summed E-state index contributed by atoms with van der Waals surface area (Å²) < 4.78 is 6.36. The highest BCUT2D eigenvalue weighted by molar-refractivity contribution is 9.10. The average molecular weight is 433 g/mol. The second kappa shape index (κ2) is 6.87. The van der Waals surface area contributed by atoms with Crippen LogP contribution < -0.4 is 4.74 Å². The Morgan fingerprint density at radius 2 is 1.89 bits per heavy atom. The van der Waals surface area contributed by atoms with E-state index in [1.165, 1.54) is 27.3 Å². The number of ether oxygens (including phenoxy) is 1. The molecule has 4 heteroatoms. The van der Waals surface area contributed by atoms with Crippen LogP contribution in [0.3, 0.4) is 0 Å². The van der Waals surface area contributed by atoms with Crippen molar-refractivity contribution in [3.05, 3.63) is 70.2 Å². The van der Waals surface area contributed by atoms with Gasteiger partial charge in [0, 0.05) is 24.0 Å². The Kier molecular flexibility index (Phi) is 4.33. The molecule has 0 saturated heterocycles. The van der Waals surface area contributed by atoms with Crippen LogP contribution in [-0.4, -0.2) is 30.6 Å². The molecule has 3 aromatic carbocycles. The fourth-order valence-corrected chi connectivity index (χ4v) is 4.84. The van der Waals surface area contributed by atoms with Crippen LogP contribution in [0.15, 0.2) is 59.1 Å². The Bertz CT molecular complexity index is 1220. The van der Waals surface area contributed by atoms with E-state index in [-0.39, 0.29) is 0 Å². The average Bonchev–Trinajstić information content (AvgIpc) is 2.72. The third kappa shape index (κ3) is 2.79. The summed E-state index contributed by atoms with van der Waals surface area (Å²) in [7, 11) is 3.87. The first-order valence-electron chi connectivity index (χ1n) is 9.51. The molecule has 140 valence electrons. The minimum Gasteiger partial charge on any atom is -0.496 e. The van der Waals surface area contributed by atoms with Crippen molar-refractivity contribution in [1.29, 1.82) is 0 Å². The number of likely N-dealkylation sites (N-methyl/N-ethyl adjacent to an activating group) is 1. The van der Waals surface area contributed by atoms with Gasteiger partial charge in [0.1, 0.15) is 5.75 Å². The maximum absolute atomic E-state index is 5.41. The zero-order valence-electron chi connectivity index (χ0n) is 16.0. The van der Waals surface area contributed by atoms with Gasteiger partial charge in [-0.3, -0.25) is 0 Å². The van der Waals surface area contributed by atoms with E-state index in [1.807, 2.05) is 6.07 Å². The monoisotopic (exact) mass is 432 g/mol. The molecule has 28 heavy (non-hydrogen) atoms. The Morgan fingerprint density at radius 3 is 2.71 bits per heavy atom. The lowest BCUT2D eigenvalue weighted by atomic mass is 9.89. The minimum atomic E-state index is 0.835. The number of rotatable bonds is 2. The molecule has 0 saturated carbocycles. The molecule has 0 aliphatic carbocycles. The van der Waals surface area contributed by atoms with Gasteiger partial charge in [0.25, 0.3) is 0 Å². The quantitative estimate of drug-likeness (QED) is 0.373. The van der Waals surface area contributed by atoms with Crippen molar-refractivity contribution in [1.82, 2.24) is 9.88 Å². The number of aromatic nitrogens is 1. The molecule has 0 unspecified atom stereocenters. The Hall–Kier alpha value is -2.43. The van der Waals surface area contributed by atoms with Crippen LogP contribution >= 0.6 is 15.9 Å². The molecule has 1 aliphatic heterocycles. The number of hydrogen-bond donors (Lipinski definition) is 0. The van der Waals surface area contributed by atoms with Gasteiger partial charge in [-0.2, -0.15) is 0 Å². The number of hydrogen-bond acceptors (Lipinski definition) is 3. The lowest BCUT2D eigenvalue weighted by Gasteiger charge is -2.28. The maximum atomic E-state index is 5.41. The highest BCUT2D eigenvalue weighted by Gasteiger charge is 2.23. The highest BCUT2D eigenvalue weighted by atomic mass is 79.9. The van der Waals surface area contributed by atoms with Crippen molar-refractivity contribution >= 4 is 37.6 Å². The molecule has 0 bridgehead atoms. The van der Waals surface area contributed by atoms with Crippen LogP contribution in [0.2, 0.25) is 0 Å². The number of benzene rings is 3. The fraction of sp³-hybridized carbons (Fsp3) is 0.208. The maximum Gasteiger partial charge on any atom is 0.133 e. The van der Waals surface area contributed by atoms with Gasteiger partial charge in [-0.25, -0.2) is 4.98 Å². The summed E-state index contributed by atoms with van der Waals surface area (Å²) in [5.74, 6) is 0.835. The van der Waals surface area contributed by atoms with E-state index in [0.29, 0.717) is 0 Å². The molecule has 1 aliphatic rings. The first-order chi connectivity index (χ1) is 13.7. The standard InChI is InChI=1S/C24H21BrN2O/c1-27-12-11-18-19(14-27)24(16-8-10-22(28-2)20(25)13-16)26-21-9-7-15-5-3-4-6-17(15)23(18)21/h3-10,13H,11-12,14H2,1-2H3. The molecule has 2 heterocycles. The summed E-state index contributed by atoms with van der Waals surface area (Å²) in [6.07, 6.45) is 1.04. The number of fused-ring (bicyclic) bond motifs is 5. The number of nitrogens with zero attached hydrogens (tertiary/aromatic N) is 2. The molecular formula is C24H21BrN2O. The summed E-state index contributed by atoms with van der Waals surface area (Å²) in [6, 6.07) is 19.2. The van der Waals surface area contributed by atoms with E-state index >= 15 is 0 Å². The largest absolute Gasteiger partial charge is 0.496 e. The molecule has 0 N–H and O–H groups in total. The first-order valence-corrected chi connectivity index (χ1v) is 10.3. The molecular weight excluding hydrogens is 412 g/mol. The van der Waals surface area contributed by atoms with Crippen molar-refractivity contribution in [2.75, 3.05) is 20.7 Å². The van der Waals surface area contributed by atoms with E-state index in [0.717, 1.165) is 46.5 Å². The van der Waals surface area contributed by atoms with E-state index in [9.17, 15) is 0 Å². The summed E-state index contributed by atoms with van der Waals surface area (Å²) in [5.41, 5.74) is 6.06. The number of pyridine rings is 1. The minimum absolute atomic E-state index is 0.835. The number of methoxy groups -OCH3 is 1. The Morgan fingerprint density at radius 1 is 1.04 bits per heavy atom. The lowest BCUT2D eigenvalue weighted by Crippen LogP contribution is -2.27. The normalized spacial score (nSPS) is 14.4. The second-order valence-electron chi connectivity index (χ2n) is 7.44. The fourth-order valence-electron chi connectivity index (χ4n) is 4.30. The van der Waals surface area contributed by atoms with E-state index in [2.05, 4.69) is 76.4 Å². The molecule has 0 fully saturated rings. The van der Waals surface area contributed by atoms with E-state index in [1.54, 1.807) is 7.11 Å². The van der Waals surface area contributed by atoms with Crippen molar-refractivity contribution in [3.8, 4) is 17.0 Å². The van der Waals surface area contributed by atoms with Gasteiger partial charge in [-0.05, 0) is 75.6 Å². The molecule has 3 nitrogen and oxygen atoms in total. The topological polar surface area (TPSA) is 25.4 Å². The summed E-state index contributed by atoms with van der Waals surface area (Å²) >= 11 is 3.63. The Balaban J connectivity index is 1.84. The molecule has 1 aromatic heterocycles. The van der Waals surface area contributed by atoms with Gasteiger partial charge in [0.15, 0.2) is 0 Å². The van der Waals surface area contributed by atoms with Gasteiger partial charge in [-0.1, -0.05) is 30.3 Å². The van der Waals surface area contributed by atoms with Gasteiger partial charge in [0.05, 0.1) is 22.8 Å². The molecule has 0 amide bonds. The molecule has 0 spiro atoms. The van der Waals surface area contributed by atoms with Gasteiger partial charge in [-0.15, -0.1) is 0 Å². The molecule has 0 radical (unpaired) electrons. The van der Waals surface area contributed by atoms with E-state index < -0.39 is 0 Å². The predicted octanol–water partition coefficient (Wildman–Crippen LogP) is 5.81. The van der Waals surface area contributed by atoms with E-state index in [4.69, 9.17) is 9.72 Å². The molecule has 5 rings (SSSR count). The molecule has 4 aromatic rings. The summed E-state index contributed by atoms with van der Waals surface area (Å²) in [4.78, 5) is 7.53. The lowest BCUT2D eigenvalue weighted by molar-refractivity contribution is 0.314. The zero-order valence-corrected chi connectivity index (χ0v) is 17.6. The van der Waals surface area contributed by atoms with Crippen molar-refractivity contribution in [2.24, 2.45) is 0 Å². The second-order valence-corrected chi connectivity index (χ2v) is 8.29. The SMILES string of the molecule is COc1ccc(-c2nc3ccc4ccccc4c3c3c2CN(C)CC3)cc1Br. The third-order valence-corrected chi connectivity index (χ3v) is 6.31. The van der Waals surface area contributed by atoms with Gasteiger partial charge in [0.2, 0.25) is 0 Å². The van der Waals surface area contributed by atoms with Crippen molar-refractivity contribution in [2.45, 2.75) is 13.0 Å². The highest BCUT2D eigenvalue weighted by Crippen LogP contribution is 2.38. The van der Waals surface area contributed by atoms with Crippen LogP contribution in [0, 0.1) is 0 Å². The Labute approximate surface area is 173 Å². The van der Waals surface area contributed by atoms with Crippen LogP contribution in [0.1, 0.15) is 11.1 Å². The van der Waals surface area contributed by atoms with Crippen molar-refractivity contribution < 1.29 is 4.74 Å². The first kappa shape index (κ1) is 17.7. The predicted molar refractivity (Wildman–Crippen MR) is 119 cm³/mol.